The summed E-state index contributed by atoms with van der Waals surface area (Å²) < 4.78 is 0. The van der Waals surface area contributed by atoms with Crippen LogP contribution >= 0.6 is 26.5 Å². The number of fused-ring (bicyclic) bond motifs is 2. The van der Waals surface area contributed by atoms with Gasteiger partial charge in [0.05, 0.1) is 0 Å². The Morgan fingerprint density at radius 3 is 1.84 bits per heavy atom. The van der Waals surface area contributed by atoms with Gasteiger partial charge in [-0.3, -0.25) is 0 Å². The van der Waals surface area contributed by atoms with Crippen LogP contribution in [0.4, 0.5) is 0 Å². The normalized spacial score (nSPS) is 11.6. The van der Waals surface area contributed by atoms with E-state index in [1.54, 1.807) is 5.30 Å². The van der Waals surface area contributed by atoms with Crippen LogP contribution in [0.3, 0.4) is 0 Å². The number of hydrogen-bond acceptors (Lipinski definition) is 0. The van der Waals surface area contributed by atoms with E-state index in [0.717, 1.165) is 0 Å². The molecular weight excluding hydrogens is 546 g/mol. The Morgan fingerprint density at radius 2 is 1.24 bits per heavy atom. The molecule has 0 nitrogen and oxygen atoms in total. The molecule has 0 N–H and O–H groups in total. The molecule has 194 valence electrons. The molecule has 0 aliphatic rings. The van der Waals surface area contributed by atoms with E-state index < -0.39 is 17.0 Å². The van der Waals surface area contributed by atoms with Crippen molar-refractivity contribution in [2.75, 3.05) is 0 Å². The number of halogens is 2. The predicted octanol–water partition coefficient (Wildman–Crippen LogP) is 11.2. The molecule has 0 amide bonds. The molecule has 0 fully saturated rings. The zero-order valence-corrected chi connectivity index (χ0v) is 26.9. The van der Waals surface area contributed by atoms with Gasteiger partial charge in [0, 0.05) is 0 Å². The molecule has 0 aromatic heterocycles. The minimum absolute atomic E-state index is 0.185. The maximum absolute atomic E-state index is 4.89. The first-order chi connectivity index (χ1) is 17.5. The summed E-state index contributed by atoms with van der Waals surface area (Å²) in [5.74, 6) is 0. The van der Waals surface area contributed by atoms with Gasteiger partial charge >= 0.3 is 35.6 Å². The number of aryl methyl sites for hydroxylation is 1. The zero-order valence-electron chi connectivity index (χ0n) is 22.9. The molecule has 4 heteroatoms. The molecule has 0 atom stereocenters. The Hall–Kier alpha value is -1.40. The van der Waals surface area contributed by atoms with Gasteiger partial charge in [-0.05, 0) is 15.9 Å². The Kier molecular flexibility index (Phi) is 10.7. The van der Waals surface area contributed by atoms with Gasteiger partial charge in [-0.25, -0.2) is 0 Å². The van der Waals surface area contributed by atoms with E-state index in [-0.39, 0.29) is 7.92 Å². The third kappa shape index (κ3) is 8.05. The van der Waals surface area contributed by atoms with Gasteiger partial charge in [0.15, 0.2) is 0 Å². The third-order valence-electron chi connectivity index (χ3n) is 6.18. The topological polar surface area (TPSA) is 0 Å². The minimum atomic E-state index is -0.556. The van der Waals surface area contributed by atoms with Crippen molar-refractivity contribution in [2.24, 2.45) is 0 Å². The van der Waals surface area contributed by atoms with Crippen molar-refractivity contribution in [3.8, 4) is 11.1 Å². The third-order valence-corrected chi connectivity index (χ3v) is 9.64. The summed E-state index contributed by atoms with van der Waals surface area (Å²) in [7, 11) is 9.59. The molecule has 0 aliphatic carbocycles. The van der Waals surface area contributed by atoms with E-state index in [9.17, 15) is 0 Å². The van der Waals surface area contributed by atoms with Crippen molar-refractivity contribution in [1.82, 2.24) is 0 Å². The molecule has 0 bridgehead atoms. The molecule has 0 radical (unpaired) electrons. The Labute approximate surface area is 241 Å². The second kappa shape index (κ2) is 13.1. The van der Waals surface area contributed by atoms with Crippen LogP contribution in [0.15, 0.2) is 97.1 Å². The summed E-state index contributed by atoms with van der Waals surface area (Å²) in [4.78, 5) is 0. The van der Waals surface area contributed by atoms with Gasteiger partial charge in [0.1, 0.15) is 0 Å². The fourth-order valence-corrected chi connectivity index (χ4v) is 9.40. The summed E-state index contributed by atoms with van der Waals surface area (Å²) in [5, 5.41) is 7.69. The van der Waals surface area contributed by atoms with Crippen LogP contribution in [0, 0.1) is 6.92 Å². The Balaban J connectivity index is 0.000000187. The van der Waals surface area contributed by atoms with Crippen molar-refractivity contribution < 1.29 is 17.0 Å². The maximum atomic E-state index is 4.89. The quantitative estimate of drug-likeness (QED) is 0.110. The van der Waals surface area contributed by atoms with Crippen LogP contribution in [0.1, 0.15) is 47.1 Å². The summed E-state index contributed by atoms with van der Waals surface area (Å²) >= 11 is -0.556. The molecule has 5 aromatic rings. The number of rotatable bonds is 2. The molecule has 0 aliphatic heterocycles. The van der Waals surface area contributed by atoms with Gasteiger partial charge in [-0.1, -0.05) is 104 Å². The van der Waals surface area contributed by atoms with Crippen LogP contribution < -0.4 is 5.30 Å². The van der Waals surface area contributed by atoms with E-state index >= 15 is 0 Å². The molecule has 5 aromatic carbocycles. The first-order valence-corrected chi connectivity index (χ1v) is 18.2. The van der Waals surface area contributed by atoms with Gasteiger partial charge < -0.3 is 0 Å². The van der Waals surface area contributed by atoms with Crippen molar-refractivity contribution in [3.05, 3.63) is 103 Å². The predicted molar refractivity (Wildman–Crippen MR) is 167 cm³/mol. The molecule has 0 unspecified atom stereocenters. The standard InChI is InChI=1S/C17H24P.C16H13.2ClH.Ti/c1-16(2,3)18(17(4,5)6)15-11-13-9-7-8-10-14(13)12-15;1-12-10-14-8-5-9-15(16(14)11-12)13-6-3-2-4-7-13;;;/h7-12H,1-6H3;2-11H,1H3;2*1H;/q2*-1;;;+2/p-2. The van der Waals surface area contributed by atoms with Gasteiger partial charge in [0.25, 0.3) is 0 Å². The van der Waals surface area contributed by atoms with Crippen molar-refractivity contribution in [2.45, 2.75) is 58.8 Å². The van der Waals surface area contributed by atoms with Crippen LogP contribution in [0.2, 0.25) is 0 Å². The summed E-state index contributed by atoms with van der Waals surface area (Å²) in [6.45, 7) is 16.4. The molecule has 0 spiro atoms. The number of benzene rings is 3. The summed E-state index contributed by atoms with van der Waals surface area (Å²) in [6.07, 6.45) is 0. The second-order valence-electron chi connectivity index (χ2n) is 11.3. The molecule has 37 heavy (non-hydrogen) atoms. The van der Waals surface area contributed by atoms with Crippen LogP contribution in [-0.4, -0.2) is 10.3 Å². The van der Waals surface area contributed by atoms with Crippen LogP contribution in [-0.2, 0) is 17.0 Å². The fourth-order valence-electron chi connectivity index (χ4n) is 5.30. The van der Waals surface area contributed by atoms with E-state index in [1.807, 2.05) is 0 Å². The second-order valence-corrected chi connectivity index (χ2v) is 17.7. The molecule has 0 saturated heterocycles. The molecule has 0 heterocycles. The summed E-state index contributed by atoms with van der Waals surface area (Å²) in [5.41, 5.74) is 3.95. The first-order valence-electron chi connectivity index (χ1n) is 12.6. The molecule has 5 rings (SSSR count). The van der Waals surface area contributed by atoms with Crippen molar-refractivity contribution >= 4 is 53.4 Å². The zero-order chi connectivity index (χ0) is 27.2. The van der Waals surface area contributed by atoms with Gasteiger partial charge in [-0.15, -0.1) is 74.9 Å². The van der Waals surface area contributed by atoms with E-state index in [0.29, 0.717) is 10.3 Å². The molecule has 0 saturated carbocycles. The van der Waals surface area contributed by atoms with E-state index in [1.165, 1.54) is 38.2 Å². The van der Waals surface area contributed by atoms with Crippen molar-refractivity contribution in [1.29, 1.82) is 0 Å². The molecular formula is C33H37Cl2PTi-2. The van der Waals surface area contributed by atoms with Crippen molar-refractivity contribution in [3.63, 3.8) is 0 Å². The van der Waals surface area contributed by atoms with Crippen LogP contribution in [0.5, 0.6) is 0 Å². The average molecular weight is 583 g/mol. The summed E-state index contributed by atoms with van der Waals surface area (Å²) in [6, 6.07) is 35.0. The monoisotopic (exact) mass is 582 g/mol. The van der Waals surface area contributed by atoms with E-state index in [2.05, 4.69) is 146 Å². The fraction of sp³-hybridized carbons (Fsp3) is 0.273. The number of hydrogen-bond donors (Lipinski definition) is 0. The SMILES string of the molecule is CC(C)(C)P(c1cc2ccccc2[cH-]1)C(C)(C)C.Cc1cc2c(-c3ccccc3)cccc2[cH-]1.[Cl][Ti][Cl]. The first kappa shape index (κ1) is 30.2. The average Bonchev–Trinajstić information content (AvgIpc) is 3.40. The van der Waals surface area contributed by atoms with Crippen LogP contribution in [0.25, 0.3) is 32.7 Å². The Morgan fingerprint density at radius 1 is 0.676 bits per heavy atom. The van der Waals surface area contributed by atoms with E-state index in [4.69, 9.17) is 18.6 Å². The van der Waals surface area contributed by atoms with Gasteiger partial charge in [-0.2, -0.15) is 12.1 Å². The Bertz CT molecular complexity index is 1350. The van der Waals surface area contributed by atoms with Gasteiger partial charge in [0.2, 0.25) is 0 Å².